The molecule has 6 heteroatoms. The highest BCUT2D eigenvalue weighted by Gasteiger charge is 2.39. The first-order valence-corrected chi connectivity index (χ1v) is 7.37. The number of nitrogens with one attached hydrogen (secondary N) is 1. The van der Waals surface area contributed by atoms with Crippen LogP contribution in [0, 0.1) is 5.92 Å². The minimum atomic E-state index is -2.57. The second-order valence-electron chi connectivity index (χ2n) is 5.88. The van der Waals surface area contributed by atoms with Crippen molar-refractivity contribution in [3.05, 3.63) is 0 Å². The SMILES string of the molecule is CC1CC(=O)NC(C2CCCCC2)C(=O)N1CC(F)F. The van der Waals surface area contributed by atoms with Crippen molar-refractivity contribution < 1.29 is 18.4 Å². The van der Waals surface area contributed by atoms with Gasteiger partial charge in [0.25, 0.3) is 6.43 Å². The van der Waals surface area contributed by atoms with E-state index in [1.807, 2.05) is 0 Å². The Labute approximate surface area is 117 Å². The molecule has 2 aliphatic rings. The number of halogens is 2. The topological polar surface area (TPSA) is 49.4 Å². The van der Waals surface area contributed by atoms with Crippen molar-refractivity contribution >= 4 is 11.8 Å². The molecule has 2 fully saturated rings. The number of amides is 2. The number of nitrogens with zero attached hydrogens (tertiary/aromatic N) is 1. The predicted octanol–water partition coefficient (Wildman–Crippen LogP) is 1.94. The third-order valence-electron chi connectivity index (χ3n) is 4.33. The van der Waals surface area contributed by atoms with Crippen LogP contribution in [0.4, 0.5) is 8.78 Å². The Balaban J connectivity index is 2.16. The fraction of sp³-hybridized carbons (Fsp3) is 0.857. The summed E-state index contributed by atoms with van der Waals surface area (Å²) in [5.74, 6) is -0.459. The van der Waals surface area contributed by atoms with E-state index in [-0.39, 0.29) is 24.2 Å². The molecule has 0 aromatic carbocycles. The molecule has 2 unspecified atom stereocenters. The Morgan fingerprint density at radius 3 is 2.50 bits per heavy atom. The van der Waals surface area contributed by atoms with Gasteiger partial charge in [-0.1, -0.05) is 19.3 Å². The molecule has 0 aromatic rings. The van der Waals surface area contributed by atoms with Gasteiger partial charge in [0.1, 0.15) is 6.04 Å². The first-order valence-electron chi connectivity index (χ1n) is 7.37. The lowest BCUT2D eigenvalue weighted by atomic mass is 9.83. The van der Waals surface area contributed by atoms with E-state index in [1.165, 1.54) is 4.90 Å². The van der Waals surface area contributed by atoms with E-state index in [0.29, 0.717) is 0 Å². The van der Waals surface area contributed by atoms with Gasteiger partial charge in [0.2, 0.25) is 11.8 Å². The monoisotopic (exact) mass is 288 g/mol. The molecule has 20 heavy (non-hydrogen) atoms. The highest BCUT2D eigenvalue weighted by Crippen LogP contribution is 2.29. The molecular weight excluding hydrogens is 266 g/mol. The molecule has 1 aliphatic heterocycles. The van der Waals surface area contributed by atoms with Crippen LogP contribution in [0.2, 0.25) is 0 Å². The van der Waals surface area contributed by atoms with Crippen molar-refractivity contribution in [2.24, 2.45) is 5.92 Å². The lowest BCUT2D eigenvalue weighted by molar-refractivity contribution is -0.138. The maximum atomic E-state index is 12.7. The summed E-state index contributed by atoms with van der Waals surface area (Å²) in [6.45, 7) is 1.07. The van der Waals surface area contributed by atoms with Gasteiger partial charge in [0.05, 0.1) is 6.54 Å². The molecule has 1 saturated heterocycles. The molecule has 114 valence electrons. The number of hydrogen-bond donors (Lipinski definition) is 1. The van der Waals surface area contributed by atoms with Gasteiger partial charge in [-0.25, -0.2) is 8.78 Å². The predicted molar refractivity (Wildman–Crippen MR) is 70.3 cm³/mol. The number of carbonyl (C=O) groups is 2. The molecule has 4 nitrogen and oxygen atoms in total. The average molecular weight is 288 g/mol. The number of rotatable bonds is 3. The lowest BCUT2D eigenvalue weighted by Gasteiger charge is -2.33. The van der Waals surface area contributed by atoms with Crippen LogP contribution in [-0.2, 0) is 9.59 Å². The zero-order chi connectivity index (χ0) is 14.7. The fourth-order valence-corrected chi connectivity index (χ4v) is 3.27. The van der Waals surface area contributed by atoms with E-state index in [0.717, 1.165) is 32.1 Å². The summed E-state index contributed by atoms with van der Waals surface area (Å²) in [6.07, 6.45) is 2.51. The number of carbonyl (C=O) groups excluding carboxylic acids is 2. The first-order chi connectivity index (χ1) is 9.49. The molecule has 2 atom stereocenters. The van der Waals surface area contributed by atoms with Crippen LogP contribution in [0.15, 0.2) is 0 Å². The van der Waals surface area contributed by atoms with Gasteiger partial charge < -0.3 is 10.2 Å². The zero-order valence-electron chi connectivity index (χ0n) is 11.8. The van der Waals surface area contributed by atoms with Gasteiger partial charge in [-0.3, -0.25) is 9.59 Å². The van der Waals surface area contributed by atoms with Crippen LogP contribution < -0.4 is 5.32 Å². The van der Waals surface area contributed by atoms with Crippen molar-refractivity contribution in [3.8, 4) is 0 Å². The quantitative estimate of drug-likeness (QED) is 0.863. The van der Waals surface area contributed by atoms with Crippen LogP contribution >= 0.6 is 0 Å². The molecule has 2 rings (SSSR count). The average Bonchev–Trinajstić information content (AvgIpc) is 2.51. The van der Waals surface area contributed by atoms with Gasteiger partial charge in [-0.2, -0.15) is 0 Å². The Kier molecular flexibility index (Phi) is 4.94. The van der Waals surface area contributed by atoms with Gasteiger partial charge in [-0.15, -0.1) is 0 Å². The van der Waals surface area contributed by atoms with Crippen molar-refractivity contribution in [2.45, 2.75) is 64.0 Å². The van der Waals surface area contributed by atoms with E-state index in [9.17, 15) is 18.4 Å². The van der Waals surface area contributed by atoms with Crippen LogP contribution in [0.25, 0.3) is 0 Å². The van der Waals surface area contributed by atoms with E-state index in [4.69, 9.17) is 0 Å². The lowest BCUT2D eigenvalue weighted by Crippen LogP contribution is -2.51. The number of hydrogen-bond acceptors (Lipinski definition) is 2. The maximum absolute atomic E-state index is 12.7. The van der Waals surface area contributed by atoms with Crippen LogP contribution in [-0.4, -0.2) is 41.8 Å². The summed E-state index contributed by atoms with van der Waals surface area (Å²) in [4.78, 5) is 25.5. The molecule has 1 aliphatic carbocycles. The second-order valence-corrected chi connectivity index (χ2v) is 5.88. The number of alkyl halides is 2. The van der Waals surface area contributed by atoms with Crippen LogP contribution in [0.1, 0.15) is 45.4 Å². The standard InChI is InChI=1S/C14H22F2N2O2/c1-9-7-12(19)17-13(10-5-3-2-4-6-10)14(20)18(9)8-11(15)16/h9-11,13H,2-8H2,1H3,(H,17,19). The van der Waals surface area contributed by atoms with Gasteiger partial charge in [-0.05, 0) is 25.7 Å². The van der Waals surface area contributed by atoms with Crippen molar-refractivity contribution in [1.29, 1.82) is 0 Å². The van der Waals surface area contributed by atoms with E-state index < -0.39 is 25.1 Å². The highest BCUT2D eigenvalue weighted by molar-refractivity contribution is 5.90. The highest BCUT2D eigenvalue weighted by atomic mass is 19.3. The van der Waals surface area contributed by atoms with Crippen molar-refractivity contribution in [3.63, 3.8) is 0 Å². The molecular formula is C14H22F2N2O2. The minimum Gasteiger partial charge on any atom is -0.344 e. The molecule has 1 N–H and O–H groups in total. The van der Waals surface area contributed by atoms with Crippen LogP contribution in [0.5, 0.6) is 0 Å². The maximum Gasteiger partial charge on any atom is 0.255 e. The fourth-order valence-electron chi connectivity index (χ4n) is 3.27. The Hall–Kier alpha value is -1.20. The van der Waals surface area contributed by atoms with Gasteiger partial charge >= 0.3 is 0 Å². The van der Waals surface area contributed by atoms with E-state index in [2.05, 4.69) is 5.32 Å². The molecule has 0 bridgehead atoms. The summed E-state index contributed by atoms with van der Waals surface area (Å²) >= 11 is 0. The second kappa shape index (κ2) is 6.50. The van der Waals surface area contributed by atoms with E-state index in [1.54, 1.807) is 6.92 Å². The third-order valence-corrected chi connectivity index (χ3v) is 4.33. The molecule has 0 aromatic heterocycles. The summed E-state index contributed by atoms with van der Waals surface area (Å²) in [5.41, 5.74) is 0. The summed E-state index contributed by atoms with van der Waals surface area (Å²) < 4.78 is 25.3. The molecule has 1 saturated carbocycles. The Morgan fingerprint density at radius 1 is 1.25 bits per heavy atom. The molecule has 0 radical (unpaired) electrons. The minimum absolute atomic E-state index is 0.0886. The zero-order valence-corrected chi connectivity index (χ0v) is 11.8. The van der Waals surface area contributed by atoms with E-state index >= 15 is 0 Å². The molecule has 1 heterocycles. The molecule has 0 spiro atoms. The first kappa shape index (κ1) is 15.2. The van der Waals surface area contributed by atoms with Gasteiger partial charge in [0.15, 0.2) is 0 Å². The largest absolute Gasteiger partial charge is 0.344 e. The summed E-state index contributed by atoms with van der Waals surface area (Å²) in [7, 11) is 0. The smallest absolute Gasteiger partial charge is 0.255 e. The van der Waals surface area contributed by atoms with Crippen LogP contribution in [0.3, 0.4) is 0 Å². The Morgan fingerprint density at radius 2 is 1.90 bits per heavy atom. The Bertz CT molecular complexity index is 370. The molecule has 2 amide bonds. The normalized spacial score (nSPS) is 29.5. The summed E-state index contributed by atoms with van der Waals surface area (Å²) in [5, 5.41) is 2.76. The van der Waals surface area contributed by atoms with Crippen molar-refractivity contribution in [1.82, 2.24) is 10.2 Å². The third kappa shape index (κ3) is 3.46. The van der Waals surface area contributed by atoms with Crippen molar-refractivity contribution in [2.75, 3.05) is 6.54 Å². The summed E-state index contributed by atoms with van der Waals surface area (Å²) in [6, 6.07) is -1.09. The van der Waals surface area contributed by atoms with Gasteiger partial charge in [0, 0.05) is 12.5 Å².